The Labute approximate surface area is 421 Å². The van der Waals surface area contributed by atoms with Gasteiger partial charge in [-0.3, -0.25) is 6.08 Å². The Morgan fingerprint density at radius 1 is 0.597 bits per heavy atom. The first kappa shape index (κ1) is 55.3. The molecule has 2 aliphatic carbocycles. The summed E-state index contributed by atoms with van der Waals surface area (Å²) in [6, 6.07) is 33.6. The number of hydrogen-bond acceptors (Lipinski definition) is 0. The Morgan fingerprint density at radius 2 is 1.04 bits per heavy atom. The van der Waals surface area contributed by atoms with Crippen LogP contribution in [0.25, 0.3) is 33.4 Å². The van der Waals surface area contributed by atoms with Gasteiger partial charge in [0.05, 0.1) is 0 Å². The number of fused-ring (bicyclic) bond motifs is 3. The van der Waals surface area contributed by atoms with E-state index in [0.717, 1.165) is 54.9 Å². The molecule has 0 radical (unpaired) electrons. The summed E-state index contributed by atoms with van der Waals surface area (Å²) in [5, 5.41) is 0. The molecular formula is C58H56Cl2F6Zr-2. The summed E-state index contributed by atoms with van der Waals surface area (Å²) in [7, 11) is 0. The molecule has 9 heteroatoms. The summed E-state index contributed by atoms with van der Waals surface area (Å²) >= 11 is 0.898. The summed E-state index contributed by atoms with van der Waals surface area (Å²) in [4.78, 5) is 0. The van der Waals surface area contributed by atoms with Crippen LogP contribution in [0.15, 0.2) is 121 Å². The molecule has 1 unspecified atom stereocenters. The Balaban J connectivity index is 0.000000238. The molecular weight excluding hydrogens is 973 g/mol. The minimum Gasteiger partial charge on any atom is -1.00 e. The van der Waals surface area contributed by atoms with E-state index in [0.29, 0.717) is 26.2 Å². The van der Waals surface area contributed by atoms with E-state index in [1.54, 1.807) is 0 Å². The van der Waals surface area contributed by atoms with Crippen LogP contribution in [-0.2, 0) is 43.0 Å². The number of rotatable bonds is 5. The molecule has 8 rings (SSSR count). The van der Waals surface area contributed by atoms with Crippen molar-refractivity contribution in [1.82, 2.24) is 0 Å². The SMILES string of the molecule is CC(C)C1[C-]=CC(C(C)(C)C)=C1.Cc1cc(C)c(-c2[c-]c3c(cc2)-c2ccc(-c4c(C)cc(C)cc4C)cc2C3)c(C)c1.FC(F)(F)c1ccc([C](=[Zr+2])c2ccc(C(F)(F)F)cc2)cc1.[Cl-].[Cl-]. The normalized spacial score (nSPS) is 13.9. The van der Waals surface area contributed by atoms with Gasteiger partial charge in [0.1, 0.15) is 0 Å². The van der Waals surface area contributed by atoms with Crippen LogP contribution in [0.5, 0.6) is 0 Å². The minimum absolute atomic E-state index is 0. The van der Waals surface area contributed by atoms with Crippen molar-refractivity contribution in [3.63, 3.8) is 0 Å². The zero-order chi connectivity index (χ0) is 47.8. The second-order valence-corrected chi connectivity index (χ2v) is 20.1. The van der Waals surface area contributed by atoms with Crippen molar-refractivity contribution in [3.8, 4) is 33.4 Å². The van der Waals surface area contributed by atoms with Gasteiger partial charge in [0.25, 0.3) is 0 Å². The first-order chi connectivity index (χ1) is 30.3. The van der Waals surface area contributed by atoms with Crippen molar-refractivity contribution in [2.75, 3.05) is 0 Å². The van der Waals surface area contributed by atoms with Crippen molar-refractivity contribution in [3.05, 3.63) is 200 Å². The van der Waals surface area contributed by atoms with Crippen LogP contribution in [0, 0.1) is 70.9 Å². The van der Waals surface area contributed by atoms with Gasteiger partial charge in [0, 0.05) is 0 Å². The number of aryl methyl sites for hydroxylation is 6. The summed E-state index contributed by atoms with van der Waals surface area (Å²) in [6.45, 7) is 24.5. The monoisotopic (exact) mass is 1030 g/mol. The molecule has 0 heterocycles. The Morgan fingerprint density at radius 3 is 1.45 bits per heavy atom. The fourth-order valence-electron chi connectivity index (χ4n) is 8.81. The predicted octanol–water partition coefficient (Wildman–Crippen LogP) is 10.7. The van der Waals surface area contributed by atoms with Crippen LogP contribution in [0.2, 0.25) is 0 Å². The average molecular weight is 1030 g/mol. The number of halogens is 8. The van der Waals surface area contributed by atoms with Crippen molar-refractivity contribution in [1.29, 1.82) is 0 Å². The van der Waals surface area contributed by atoms with Gasteiger partial charge in [-0.2, -0.15) is 11.6 Å². The second-order valence-electron chi connectivity index (χ2n) is 18.8. The molecule has 350 valence electrons. The molecule has 0 saturated carbocycles. The Hall–Kier alpha value is -4.29. The van der Waals surface area contributed by atoms with E-state index in [9.17, 15) is 26.3 Å². The minimum atomic E-state index is -4.41. The summed E-state index contributed by atoms with van der Waals surface area (Å²) in [5.74, 6) is 1.22. The molecule has 0 spiro atoms. The maximum Gasteiger partial charge on any atom is -1.00 e. The quantitative estimate of drug-likeness (QED) is 0.119. The van der Waals surface area contributed by atoms with Crippen LogP contribution in [0.4, 0.5) is 26.3 Å². The van der Waals surface area contributed by atoms with Gasteiger partial charge in [0.15, 0.2) is 0 Å². The Kier molecular flexibility index (Phi) is 18.2. The van der Waals surface area contributed by atoms with E-state index < -0.39 is 23.5 Å². The number of benzene rings is 6. The topological polar surface area (TPSA) is 0 Å². The van der Waals surface area contributed by atoms with E-state index in [2.05, 4.69) is 155 Å². The maximum absolute atomic E-state index is 12.5. The largest absolute Gasteiger partial charge is 1.00 e. The number of allylic oxidation sites excluding steroid dienone is 4. The smallest absolute Gasteiger partial charge is 1.00 e. The summed E-state index contributed by atoms with van der Waals surface area (Å²) in [6.07, 6.45) is 0.0459. The van der Waals surface area contributed by atoms with Gasteiger partial charge in [-0.05, 0) is 75.8 Å². The Bertz CT molecular complexity index is 2570. The zero-order valence-corrected chi connectivity index (χ0v) is 43.8. The molecule has 1 atom stereocenters. The molecule has 0 N–H and O–H groups in total. The first-order valence-electron chi connectivity index (χ1n) is 21.9. The molecule has 67 heavy (non-hydrogen) atoms. The molecule has 0 bridgehead atoms. The third kappa shape index (κ3) is 13.3. The van der Waals surface area contributed by atoms with Gasteiger partial charge in [-0.25, -0.2) is 6.08 Å². The average Bonchev–Trinajstić information content (AvgIpc) is 3.86. The molecule has 0 amide bonds. The van der Waals surface area contributed by atoms with E-state index in [-0.39, 0.29) is 30.2 Å². The summed E-state index contributed by atoms with van der Waals surface area (Å²) < 4.78 is 75.6. The van der Waals surface area contributed by atoms with Crippen LogP contribution in [-0.4, -0.2) is 3.21 Å². The standard InChI is InChI=1S/C31H29.C15H8F6.C12H19.2ClH.Zr/c1-18-11-20(3)30(21(4)12-18)24-7-9-28-26(15-24)17-27-16-25(8-10-29(27)28)31-22(5)13-19(2)14-23(31)6;16-14(17,18)12-5-1-10(2-6-12)9-11-3-7-13(8-4-11)15(19,20)21;1-9(2)10-6-7-11(8-10)12(3,4)5;;;/h7-15H,17H2,1-6H3;1-8H;7-10H,1-5H3;2*1H;/q-1;;-1;;;+2/p-2. The van der Waals surface area contributed by atoms with Crippen molar-refractivity contribution < 1.29 is 75.4 Å². The third-order valence-electron chi connectivity index (χ3n) is 12.1. The molecule has 0 fully saturated rings. The van der Waals surface area contributed by atoms with Crippen LogP contribution >= 0.6 is 0 Å². The van der Waals surface area contributed by atoms with Crippen LogP contribution < -0.4 is 24.8 Å². The van der Waals surface area contributed by atoms with E-state index in [4.69, 9.17) is 0 Å². The number of alkyl halides is 6. The van der Waals surface area contributed by atoms with Crippen molar-refractivity contribution in [2.45, 2.75) is 94.9 Å². The molecule has 2 aliphatic rings. The van der Waals surface area contributed by atoms with Gasteiger partial charge in [-0.15, -0.1) is 29.3 Å². The predicted molar refractivity (Wildman–Crippen MR) is 253 cm³/mol. The zero-order valence-electron chi connectivity index (χ0n) is 39.9. The molecule has 6 aromatic rings. The van der Waals surface area contributed by atoms with Gasteiger partial charge < -0.3 is 24.8 Å². The molecule has 0 aliphatic heterocycles. The molecule has 0 aromatic heterocycles. The summed E-state index contributed by atoms with van der Waals surface area (Å²) in [5.41, 5.74) is 20.0. The molecule has 6 aromatic carbocycles. The molecule has 0 saturated heterocycles. The van der Waals surface area contributed by atoms with Gasteiger partial charge in [0.2, 0.25) is 0 Å². The maximum atomic E-state index is 12.5. The van der Waals surface area contributed by atoms with Crippen molar-refractivity contribution in [2.24, 2.45) is 17.3 Å². The fraction of sp³-hybridized carbons (Fsp3) is 0.293. The van der Waals surface area contributed by atoms with E-state index in [1.165, 1.54) is 108 Å². The molecule has 0 nitrogen and oxygen atoms in total. The van der Waals surface area contributed by atoms with E-state index in [1.807, 2.05) is 0 Å². The van der Waals surface area contributed by atoms with Gasteiger partial charge >= 0.3 is 137 Å². The fourth-order valence-corrected chi connectivity index (χ4v) is 9.63. The van der Waals surface area contributed by atoms with Crippen LogP contribution in [0.3, 0.4) is 0 Å². The third-order valence-corrected chi connectivity index (χ3v) is 13.5. The van der Waals surface area contributed by atoms with E-state index >= 15 is 0 Å². The van der Waals surface area contributed by atoms with Crippen molar-refractivity contribution >= 4 is 3.21 Å². The van der Waals surface area contributed by atoms with Gasteiger partial charge in [-0.1, -0.05) is 133 Å². The number of hydrogen-bond donors (Lipinski definition) is 0. The second kappa shape index (κ2) is 22.0. The van der Waals surface area contributed by atoms with Crippen LogP contribution in [0.1, 0.15) is 101 Å². The first-order valence-corrected chi connectivity index (χ1v) is 23.1.